The van der Waals surface area contributed by atoms with Crippen LogP contribution in [0.15, 0.2) is 52.9 Å². The van der Waals surface area contributed by atoms with Gasteiger partial charge < -0.3 is 24.9 Å². The van der Waals surface area contributed by atoms with E-state index in [2.05, 4.69) is 33.4 Å². The molecule has 0 radical (unpaired) electrons. The van der Waals surface area contributed by atoms with Crippen molar-refractivity contribution in [2.45, 2.75) is 39.2 Å². The summed E-state index contributed by atoms with van der Waals surface area (Å²) in [7, 11) is 0. The van der Waals surface area contributed by atoms with Gasteiger partial charge in [-0.25, -0.2) is 0 Å². The summed E-state index contributed by atoms with van der Waals surface area (Å²) in [6, 6.07) is 16.2. The minimum Gasteiger partial charge on any atom is -0.459 e. The van der Waals surface area contributed by atoms with Crippen LogP contribution < -0.4 is 20.4 Å². The fourth-order valence-electron chi connectivity index (χ4n) is 4.69. The van der Waals surface area contributed by atoms with Crippen LogP contribution in [0, 0.1) is 5.92 Å². The largest absolute Gasteiger partial charge is 0.459 e. The molecule has 4 heterocycles. The maximum absolute atomic E-state index is 5.97. The van der Waals surface area contributed by atoms with Crippen LogP contribution in [0.5, 0.6) is 0 Å². The van der Waals surface area contributed by atoms with Crippen LogP contribution in [-0.4, -0.2) is 41.3 Å². The van der Waals surface area contributed by atoms with Gasteiger partial charge in [0.05, 0.1) is 6.54 Å². The highest BCUT2D eigenvalue weighted by Crippen LogP contribution is 2.27. The predicted molar refractivity (Wildman–Crippen MR) is 141 cm³/mol. The normalized spacial score (nSPS) is 18.2. The second-order valence-corrected chi connectivity index (χ2v) is 9.64. The van der Waals surface area contributed by atoms with Crippen LogP contribution in [0.4, 0.5) is 17.6 Å². The maximum atomic E-state index is 5.97. The number of benzene rings is 1. The lowest BCUT2D eigenvalue weighted by atomic mass is 10.0. The highest BCUT2D eigenvalue weighted by atomic mass is 32.1. The van der Waals surface area contributed by atoms with Gasteiger partial charge >= 0.3 is 0 Å². The molecule has 2 fully saturated rings. The van der Waals surface area contributed by atoms with Crippen molar-refractivity contribution < 1.29 is 4.42 Å². The minimum absolute atomic E-state index is 0.481. The number of anilines is 3. The lowest BCUT2D eigenvalue weighted by Gasteiger charge is -2.32. The molecule has 0 bridgehead atoms. The third-order valence-electron chi connectivity index (χ3n) is 6.48. The Hall–Kier alpha value is -3.13. The van der Waals surface area contributed by atoms with Crippen LogP contribution in [0.25, 0.3) is 11.3 Å². The molecule has 34 heavy (non-hydrogen) atoms. The van der Waals surface area contributed by atoms with E-state index in [4.69, 9.17) is 26.6 Å². The van der Waals surface area contributed by atoms with Crippen molar-refractivity contribution in [1.29, 1.82) is 0 Å². The molecule has 178 valence electrons. The number of hydrogen-bond acceptors (Lipinski definition) is 6. The number of piperidine rings is 1. The van der Waals surface area contributed by atoms with E-state index >= 15 is 0 Å². The molecule has 0 amide bonds. The standard InChI is InChI=1S/C26H32N6OS/c1-19-8-7-15-32(18-19)24-16-23(31-13-5-6-14-31)28-25(29-24)30-26(34)27-17-21-11-12-22(33-21)20-9-3-2-4-10-20/h2-4,9-12,16,19H,5-8,13-15,17-18H2,1H3,(H2,27,28,29,30,34)/t19-/m1/s1. The van der Waals surface area contributed by atoms with E-state index in [-0.39, 0.29) is 0 Å². The molecule has 0 spiro atoms. The van der Waals surface area contributed by atoms with E-state index in [1.165, 1.54) is 25.7 Å². The van der Waals surface area contributed by atoms with Gasteiger partial charge in [-0.05, 0) is 56.0 Å². The molecule has 7 nitrogen and oxygen atoms in total. The Labute approximate surface area is 206 Å². The fourth-order valence-corrected chi connectivity index (χ4v) is 4.85. The summed E-state index contributed by atoms with van der Waals surface area (Å²) < 4.78 is 5.97. The Balaban J connectivity index is 1.26. The number of hydrogen-bond donors (Lipinski definition) is 2. The molecule has 1 aromatic carbocycles. The first kappa shape index (κ1) is 22.7. The molecule has 5 rings (SSSR count). The highest BCUT2D eigenvalue weighted by molar-refractivity contribution is 7.80. The zero-order valence-electron chi connectivity index (χ0n) is 19.7. The Morgan fingerprint density at radius 3 is 2.50 bits per heavy atom. The van der Waals surface area contributed by atoms with Crippen LogP contribution in [0.2, 0.25) is 0 Å². The molecule has 2 N–H and O–H groups in total. The van der Waals surface area contributed by atoms with Crippen molar-refractivity contribution in [3.8, 4) is 11.3 Å². The van der Waals surface area contributed by atoms with Gasteiger partial charge in [-0.3, -0.25) is 0 Å². The van der Waals surface area contributed by atoms with E-state index < -0.39 is 0 Å². The van der Waals surface area contributed by atoms with E-state index in [0.29, 0.717) is 23.5 Å². The molecular formula is C26H32N6OS. The first-order valence-electron chi connectivity index (χ1n) is 12.2. The monoisotopic (exact) mass is 476 g/mol. The third-order valence-corrected chi connectivity index (χ3v) is 6.73. The summed E-state index contributed by atoms with van der Waals surface area (Å²) in [4.78, 5) is 14.3. The van der Waals surface area contributed by atoms with Gasteiger partial charge in [-0.2, -0.15) is 9.97 Å². The Morgan fingerprint density at radius 1 is 1.00 bits per heavy atom. The average Bonchev–Trinajstić information content (AvgIpc) is 3.56. The summed E-state index contributed by atoms with van der Waals surface area (Å²) in [5, 5.41) is 6.92. The number of thiocarbonyl (C=S) groups is 1. The molecule has 2 aliphatic rings. The molecule has 2 aliphatic heterocycles. The van der Waals surface area contributed by atoms with Gasteiger partial charge in [-0.1, -0.05) is 37.3 Å². The van der Waals surface area contributed by atoms with Gasteiger partial charge in [0.2, 0.25) is 5.95 Å². The molecule has 2 saturated heterocycles. The summed E-state index contributed by atoms with van der Waals surface area (Å²) >= 11 is 5.56. The number of aromatic nitrogens is 2. The van der Waals surface area contributed by atoms with E-state index in [0.717, 1.165) is 54.9 Å². The van der Waals surface area contributed by atoms with Gasteiger partial charge in [-0.15, -0.1) is 0 Å². The summed E-state index contributed by atoms with van der Waals surface area (Å²) in [5.41, 5.74) is 1.06. The fraction of sp³-hybridized carbons (Fsp3) is 0.423. The van der Waals surface area contributed by atoms with E-state index in [1.54, 1.807) is 0 Å². The SMILES string of the molecule is C[C@@H]1CCCN(c2cc(N3CCCC3)nc(NC(=S)NCc3ccc(-c4ccccc4)o3)n2)C1. The Morgan fingerprint density at radius 2 is 1.74 bits per heavy atom. The Bertz CT molecular complexity index is 1110. The van der Waals surface area contributed by atoms with Crippen molar-refractivity contribution in [2.24, 2.45) is 5.92 Å². The zero-order valence-corrected chi connectivity index (χ0v) is 20.5. The van der Waals surface area contributed by atoms with Crippen molar-refractivity contribution >= 4 is 34.9 Å². The van der Waals surface area contributed by atoms with Crippen molar-refractivity contribution in [1.82, 2.24) is 15.3 Å². The zero-order chi connectivity index (χ0) is 23.3. The predicted octanol–water partition coefficient (Wildman–Crippen LogP) is 5.06. The van der Waals surface area contributed by atoms with Gasteiger partial charge in [0.25, 0.3) is 0 Å². The topological polar surface area (TPSA) is 69.5 Å². The molecule has 3 aromatic rings. The number of nitrogens with one attached hydrogen (secondary N) is 2. The van der Waals surface area contributed by atoms with Crippen LogP contribution >= 0.6 is 12.2 Å². The number of rotatable bonds is 6. The van der Waals surface area contributed by atoms with Crippen molar-refractivity contribution in [2.75, 3.05) is 41.3 Å². The molecular weight excluding hydrogens is 444 g/mol. The Kier molecular flexibility index (Phi) is 6.94. The van der Waals surface area contributed by atoms with Crippen LogP contribution in [0.3, 0.4) is 0 Å². The van der Waals surface area contributed by atoms with Crippen LogP contribution in [0.1, 0.15) is 38.4 Å². The molecule has 2 aromatic heterocycles. The molecule has 0 aliphatic carbocycles. The third kappa shape index (κ3) is 5.50. The molecule has 8 heteroatoms. The first-order valence-corrected chi connectivity index (χ1v) is 12.6. The highest BCUT2D eigenvalue weighted by Gasteiger charge is 2.22. The second kappa shape index (κ2) is 10.4. The molecule has 1 atom stereocenters. The summed E-state index contributed by atoms with van der Waals surface area (Å²) in [6.07, 6.45) is 4.88. The molecule has 0 saturated carbocycles. The smallest absolute Gasteiger partial charge is 0.232 e. The quantitative estimate of drug-likeness (QED) is 0.479. The van der Waals surface area contributed by atoms with Crippen molar-refractivity contribution in [3.05, 3.63) is 54.3 Å². The molecule has 0 unspecified atom stereocenters. The van der Waals surface area contributed by atoms with E-state index in [1.807, 2.05) is 42.5 Å². The summed E-state index contributed by atoms with van der Waals surface area (Å²) in [5.74, 6) is 4.83. The number of nitrogens with zero attached hydrogens (tertiary/aromatic N) is 4. The second-order valence-electron chi connectivity index (χ2n) is 9.24. The van der Waals surface area contributed by atoms with Gasteiger partial charge in [0.15, 0.2) is 5.11 Å². The van der Waals surface area contributed by atoms with Crippen LogP contribution in [-0.2, 0) is 6.54 Å². The summed E-state index contributed by atoms with van der Waals surface area (Å²) in [6.45, 7) is 6.94. The lowest BCUT2D eigenvalue weighted by Crippen LogP contribution is -2.35. The number of furan rings is 1. The van der Waals surface area contributed by atoms with Gasteiger partial charge in [0, 0.05) is 37.8 Å². The van der Waals surface area contributed by atoms with Crippen molar-refractivity contribution in [3.63, 3.8) is 0 Å². The van der Waals surface area contributed by atoms with E-state index in [9.17, 15) is 0 Å². The first-order chi connectivity index (χ1) is 16.6. The van der Waals surface area contributed by atoms with Gasteiger partial charge in [0.1, 0.15) is 23.2 Å². The maximum Gasteiger partial charge on any atom is 0.232 e. The minimum atomic E-state index is 0.481. The lowest BCUT2D eigenvalue weighted by molar-refractivity contribution is 0.444. The average molecular weight is 477 g/mol.